The molecule has 0 bridgehead atoms. The Bertz CT molecular complexity index is 675. The summed E-state index contributed by atoms with van der Waals surface area (Å²) in [6.07, 6.45) is -0.628. The quantitative estimate of drug-likeness (QED) is 0.412. The first-order valence-electron chi connectivity index (χ1n) is 8.46. The molecule has 0 radical (unpaired) electrons. The Hall–Kier alpha value is -1.68. The topological polar surface area (TPSA) is 116 Å². The molecule has 2 atom stereocenters. The molecule has 0 aromatic heterocycles. The maximum absolute atomic E-state index is 13.1. The monoisotopic (exact) mass is 388 g/mol. The van der Waals surface area contributed by atoms with Crippen molar-refractivity contribution >= 4 is 15.9 Å². The Labute approximate surface area is 154 Å². The summed E-state index contributed by atoms with van der Waals surface area (Å²) in [6, 6.07) is 4.32. The Morgan fingerprint density at radius 2 is 1.85 bits per heavy atom. The third-order valence-electron chi connectivity index (χ3n) is 3.88. The van der Waals surface area contributed by atoms with Crippen molar-refractivity contribution in [2.45, 2.75) is 50.7 Å². The van der Waals surface area contributed by atoms with Gasteiger partial charge in [-0.25, -0.2) is 13.9 Å². The van der Waals surface area contributed by atoms with Crippen LogP contribution in [0.25, 0.3) is 0 Å². The third kappa shape index (κ3) is 5.41. The number of nitrogens with one attached hydrogen (secondary N) is 1. The summed E-state index contributed by atoms with van der Waals surface area (Å²) in [6.45, 7) is 5.47. The largest absolute Gasteiger partial charge is 0.497 e. The molecule has 0 aliphatic rings. The van der Waals surface area contributed by atoms with Crippen LogP contribution in [-0.4, -0.2) is 54.7 Å². The van der Waals surface area contributed by atoms with Crippen molar-refractivity contribution in [2.75, 3.05) is 13.7 Å². The zero-order chi connectivity index (χ0) is 19.9. The van der Waals surface area contributed by atoms with E-state index in [0.717, 1.165) is 4.31 Å². The van der Waals surface area contributed by atoms with E-state index in [4.69, 9.17) is 9.94 Å². The molecular formula is C17H28N2O6S. The molecule has 0 aliphatic heterocycles. The van der Waals surface area contributed by atoms with E-state index < -0.39 is 28.1 Å². The summed E-state index contributed by atoms with van der Waals surface area (Å²) in [5.41, 5.74) is 1.47. The van der Waals surface area contributed by atoms with Crippen LogP contribution in [-0.2, 0) is 14.8 Å². The molecule has 0 spiro atoms. The van der Waals surface area contributed by atoms with Crippen molar-refractivity contribution < 1.29 is 28.3 Å². The number of amides is 1. The van der Waals surface area contributed by atoms with Crippen LogP contribution in [0.5, 0.6) is 5.75 Å². The summed E-state index contributed by atoms with van der Waals surface area (Å²) in [5.74, 6) is -0.440. The number of hydrogen-bond acceptors (Lipinski definition) is 6. The van der Waals surface area contributed by atoms with E-state index in [0.29, 0.717) is 12.2 Å². The zero-order valence-corrected chi connectivity index (χ0v) is 16.4. The van der Waals surface area contributed by atoms with E-state index in [2.05, 4.69) is 0 Å². The normalized spacial score (nSPS) is 14.3. The van der Waals surface area contributed by atoms with E-state index in [1.54, 1.807) is 6.92 Å². The number of hydroxylamine groups is 1. The molecule has 0 saturated carbocycles. The average molecular weight is 388 g/mol. The molecule has 1 amide bonds. The van der Waals surface area contributed by atoms with Crippen LogP contribution in [0, 0.1) is 5.92 Å². The van der Waals surface area contributed by atoms with Gasteiger partial charge in [-0.3, -0.25) is 10.0 Å². The number of rotatable bonds is 10. The lowest BCUT2D eigenvalue weighted by Crippen LogP contribution is -2.55. The Balaban J connectivity index is 3.35. The molecule has 0 fully saturated rings. The highest BCUT2D eigenvalue weighted by molar-refractivity contribution is 7.89. The van der Waals surface area contributed by atoms with Gasteiger partial charge in [-0.1, -0.05) is 20.8 Å². The minimum Gasteiger partial charge on any atom is -0.497 e. The Morgan fingerprint density at radius 1 is 1.27 bits per heavy atom. The summed E-state index contributed by atoms with van der Waals surface area (Å²) < 4.78 is 32.1. The minimum atomic E-state index is -4.08. The standard InChI is InChI=1S/C17H28N2O6S/c1-5-10-19(16(17(21)18-22)15(20)11-12(2)3)26(23,24)14-8-6-13(25-4)7-9-14/h6-9,12,15-16,20,22H,5,10-11H2,1-4H3,(H,18,21)/t15?,16-/m1/s1. The Kier molecular flexibility index (Phi) is 8.48. The first kappa shape index (κ1) is 22.4. The average Bonchev–Trinajstić information content (AvgIpc) is 2.60. The number of aliphatic hydroxyl groups is 1. The van der Waals surface area contributed by atoms with Crippen molar-refractivity contribution in [3.05, 3.63) is 24.3 Å². The van der Waals surface area contributed by atoms with Gasteiger partial charge in [0, 0.05) is 6.54 Å². The van der Waals surface area contributed by atoms with Crippen molar-refractivity contribution in [3.8, 4) is 5.75 Å². The van der Waals surface area contributed by atoms with E-state index in [1.807, 2.05) is 13.8 Å². The number of hydrogen-bond donors (Lipinski definition) is 3. The van der Waals surface area contributed by atoms with Crippen LogP contribution >= 0.6 is 0 Å². The van der Waals surface area contributed by atoms with Crippen LogP contribution < -0.4 is 10.2 Å². The molecular weight excluding hydrogens is 360 g/mol. The highest BCUT2D eigenvalue weighted by Gasteiger charge is 2.40. The van der Waals surface area contributed by atoms with Gasteiger partial charge in [0.15, 0.2) is 0 Å². The lowest BCUT2D eigenvalue weighted by Gasteiger charge is -2.32. The van der Waals surface area contributed by atoms with E-state index in [9.17, 15) is 18.3 Å². The number of carbonyl (C=O) groups excluding carboxylic acids is 1. The van der Waals surface area contributed by atoms with E-state index in [-0.39, 0.29) is 23.8 Å². The number of aliphatic hydroxyl groups excluding tert-OH is 1. The fraction of sp³-hybridized carbons (Fsp3) is 0.588. The number of methoxy groups -OCH3 is 1. The molecule has 0 saturated heterocycles. The zero-order valence-electron chi connectivity index (χ0n) is 15.5. The molecule has 1 unspecified atom stereocenters. The van der Waals surface area contributed by atoms with Crippen molar-refractivity contribution in [2.24, 2.45) is 5.92 Å². The lowest BCUT2D eigenvalue weighted by molar-refractivity contribution is -0.137. The molecule has 26 heavy (non-hydrogen) atoms. The summed E-state index contributed by atoms with van der Waals surface area (Å²) in [7, 11) is -2.61. The molecule has 9 heteroatoms. The molecule has 3 N–H and O–H groups in total. The van der Waals surface area contributed by atoms with Crippen LogP contribution in [0.3, 0.4) is 0 Å². The Morgan fingerprint density at radius 3 is 2.27 bits per heavy atom. The predicted octanol–water partition coefficient (Wildman–Crippen LogP) is 1.38. The van der Waals surface area contributed by atoms with Gasteiger partial charge in [-0.05, 0) is 43.0 Å². The molecule has 0 heterocycles. The van der Waals surface area contributed by atoms with Crippen LogP contribution in [0.2, 0.25) is 0 Å². The van der Waals surface area contributed by atoms with Gasteiger partial charge in [0.1, 0.15) is 11.8 Å². The van der Waals surface area contributed by atoms with Crippen molar-refractivity contribution in [3.63, 3.8) is 0 Å². The molecule has 8 nitrogen and oxygen atoms in total. The number of carbonyl (C=O) groups is 1. The lowest BCUT2D eigenvalue weighted by atomic mass is 9.99. The van der Waals surface area contributed by atoms with E-state index >= 15 is 0 Å². The fourth-order valence-corrected chi connectivity index (χ4v) is 4.40. The summed E-state index contributed by atoms with van der Waals surface area (Å²) >= 11 is 0. The van der Waals surface area contributed by atoms with Gasteiger partial charge >= 0.3 is 0 Å². The summed E-state index contributed by atoms with van der Waals surface area (Å²) in [4.78, 5) is 12.2. The fourth-order valence-electron chi connectivity index (χ4n) is 2.69. The summed E-state index contributed by atoms with van der Waals surface area (Å²) in [5, 5.41) is 19.5. The van der Waals surface area contributed by atoms with Gasteiger partial charge < -0.3 is 9.84 Å². The van der Waals surface area contributed by atoms with Gasteiger partial charge in [0.05, 0.1) is 18.1 Å². The van der Waals surface area contributed by atoms with Crippen LogP contribution in [0.15, 0.2) is 29.2 Å². The van der Waals surface area contributed by atoms with Crippen LogP contribution in [0.1, 0.15) is 33.6 Å². The molecule has 1 aromatic rings. The number of ether oxygens (including phenoxy) is 1. The van der Waals surface area contributed by atoms with Crippen molar-refractivity contribution in [1.29, 1.82) is 0 Å². The maximum atomic E-state index is 13.1. The van der Waals surface area contributed by atoms with Crippen LogP contribution in [0.4, 0.5) is 0 Å². The van der Waals surface area contributed by atoms with Crippen molar-refractivity contribution in [1.82, 2.24) is 9.79 Å². The second-order valence-corrected chi connectivity index (χ2v) is 8.30. The highest BCUT2D eigenvalue weighted by atomic mass is 32.2. The SMILES string of the molecule is CCCN([C@@H](C(=O)NO)C(O)CC(C)C)S(=O)(=O)c1ccc(OC)cc1. The molecule has 1 rings (SSSR count). The number of benzene rings is 1. The van der Waals surface area contributed by atoms with E-state index in [1.165, 1.54) is 36.9 Å². The highest BCUT2D eigenvalue weighted by Crippen LogP contribution is 2.24. The number of nitrogens with zero attached hydrogens (tertiary/aromatic N) is 1. The van der Waals surface area contributed by atoms with Gasteiger partial charge in [0.2, 0.25) is 10.0 Å². The van der Waals surface area contributed by atoms with Gasteiger partial charge in [-0.2, -0.15) is 4.31 Å². The molecule has 148 valence electrons. The van der Waals surface area contributed by atoms with Gasteiger partial charge in [-0.15, -0.1) is 0 Å². The smallest absolute Gasteiger partial charge is 0.264 e. The predicted molar refractivity (Wildman–Crippen MR) is 96.4 cm³/mol. The third-order valence-corrected chi connectivity index (χ3v) is 5.77. The first-order valence-corrected chi connectivity index (χ1v) is 9.90. The second kappa shape index (κ2) is 9.86. The maximum Gasteiger partial charge on any atom is 0.264 e. The molecule has 0 aliphatic carbocycles. The molecule has 1 aromatic carbocycles. The number of sulfonamides is 1. The van der Waals surface area contributed by atoms with Gasteiger partial charge in [0.25, 0.3) is 5.91 Å². The first-order chi connectivity index (χ1) is 12.2. The second-order valence-electron chi connectivity index (χ2n) is 6.41. The minimum absolute atomic E-state index is 0.0155.